The van der Waals surface area contributed by atoms with Crippen LogP contribution in [0.4, 0.5) is 5.69 Å². The second-order valence-electron chi connectivity index (χ2n) is 4.48. The number of nitrogens with one attached hydrogen (secondary N) is 1. The highest BCUT2D eigenvalue weighted by Gasteiger charge is 2.09. The number of amides is 1. The zero-order valence-electron chi connectivity index (χ0n) is 11.1. The van der Waals surface area contributed by atoms with Gasteiger partial charge in [0.05, 0.1) is 0 Å². The molecule has 0 atom stereocenters. The summed E-state index contributed by atoms with van der Waals surface area (Å²) < 4.78 is 0. The highest BCUT2D eigenvalue weighted by Crippen LogP contribution is 2.29. The second-order valence-corrected chi connectivity index (χ2v) is 4.48. The molecule has 5 nitrogen and oxygen atoms in total. The van der Waals surface area contributed by atoms with Gasteiger partial charge in [-0.2, -0.15) is 0 Å². The first kappa shape index (κ1) is 13.7. The first-order valence-electron chi connectivity index (χ1n) is 6.14. The van der Waals surface area contributed by atoms with Crippen molar-refractivity contribution in [1.29, 1.82) is 0 Å². The Kier molecular flexibility index (Phi) is 3.79. The summed E-state index contributed by atoms with van der Waals surface area (Å²) in [7, 11) is 0. The summed E-state index contributed by atoms with van der Waals surface area (Å²) in [5, 5.41) is 22.3. The van der Waals surface area contributed by atoms with E-state index in [1.54, 1.807) is 31.2 Å². The van der Waals surface area contributed by atoms with Crippen LogP contribution in [-0.4, -0.2) is 16.1 Å². The lowest BCUT2D eigenvalue weighted by atomic mass is 10.1. The molecule has 2 aromatic carbocycles. The minimum atomic E-state index is -0.480. The summed E-state index contributed by atoms with van der Waals surface area (Å²) >= 11 is 0. The molecule has 0 saturated carbocycles. The van der Waals surface area contributed by atoms with Gasteiger partial charge < -0.3 is 21.3 Å². The number of aromatic hydroxyl groups is 2. The third-order valence-corrected chi connectivity index (χ3v) is 3.17. The van der Waals surface area contributed by atoms with Gasteiger partial charge in [-0.15, -0.1) is 0 Å². The third kappa shape index (κ3) is 2.66. The van der Waals surface area contributed by atoms with Crippen molar-refractivity contribution in [3.05, 3.63) is 53.1 Å². The zero-order valence-corrected chi connectivity index (χ0v) is 11.1. The van der Waals surface area contributed by atoms with Crippen LogP contribution in [0.15, 0.2) is 36.4 Å². The molecular weight excluding hydrogens is 256 g/mol. The van der Waals surface area contributed by atoms with Gasteiger partial charge in [0.2, 0.25) is 5.91 Å². The largest absolute Gasteiger partial charge is 0.504 e. The molecule has 5 heteroatoms. The van der Waals surface area contributed by atoms with Crippen LogP contribution in [0.2, 0.25) is 0 Å². The fourth-order valence-corrected chi connectivity index (χ4v) is 2.00. The van der Waals surface area contributed by atoms with E-state index in [0.29, 0.717) is 17.7 Å². The van der Waals surface area contributed by atoms with Crippen LogP contribution in [0, 0.1) is 6.92 Å². The Bertz CT molecular complexity index is 654. The smallest absolute Gasteiger partial charge is 0.249 e. The number of nitrogens with two attached hydrogens (primary N) is 1. The van der Waals surface area contributed by atoms with Gasteiger partial charge in [0.1, 0.15) is 0 Å². The maximum atomic E-state index is 11.3. The Labute approximate surface area is 116 Å². The molecular formula is C15H16N2O3. The third-order valence-electron chi connectivity index (χ3n) is 3.17. The van der Waals surface area contributed by atoms with Crippen LogP contribution in [0.25, 0.3) is 0 Å². The molecule has 0 aliphatic rings. The average Bonchev–Trinajstić information content (AvgIpc) is 2.41. The van der Waals surface area contributed by atoms with Crippen LogP contribution < -0.4 is 11.1 Å². The van der Waals surface area contributed by atoms with Gasteiger partial charge in [0.15, 0.2) is 11.5 Å². The monoisotopic (exact) mass is 272 g/mol. The van der Waals surface area contributed by atoms with Crippen molar-refractivity contribution < 1.29 is 15.0 Å². The normalized spacial score (nSPS) is 10.2. The first-order valence-corrected chi connectivity index (χ1v) is 6.14. The Balaban J connectivity index is 2.21. The van der Waals surface area contributed by atoms with Crippen LogP contribution in [0.3, 0.4) is 0 Å². The molecule has 0 bridgehead atoms. The number of hydrogen-bond donors (Lipinski definition) is 4. The van der Waals surface area contributed by atoms with Crippen LogP contribution in [0.1, 0.15) is 21.5 Å². The molecule has 0 aliphatic heterocycles. The fourth-order valence-electron chi connectivity index (χ4n) is 2.00. The van der Waals surface area contributed by atoms with Gasteiger partial charge in [-0.3, -0.25) is 4.79 Å². The molecule has 1 amide bonds. The van der Waals surface area contributed by atoms with E-state index in [1.807, 2.05) is 6.07 Å². The molecule has 0 heterocycles. The molecule has 2 rings (SSSR count). The van der Waals surface area contributed by atoms with Gasteiger partial charge in [-0.1, -0.05) is 18.2 Å². The molecule has 0 aromatic heterocycles. The maximum Gasteiger partial charge on any atom is 0.249 e. The minimum absolute atomic E-state index is 0.149. The molecule has 0 fully saturated rings. The van der Waals surface area contributed by atoms with Crippen molar-refractivity contribution in [2.75, 3.05) is 5.32 Å². The van der Waals surface area contributed by atoms with Crippen LogP contribution >= 0.6 is 0 Å². The number of rotatable bonds is 4. The van der Waals surface area contributed by atoms with Gasteiger partial charge in [-0.05, 0) is 30.7 Å². The predicted octanol–water partition coefficient (Wildman–Crippen LogP) is 2.12. The number of carbonyl (C=O) groups is 1. The van der Waals surface area contributed by atoms with Gasteiger partial charge in [0, 0.05) is 23.4 Å². The van der Waals surface area contributed by atoms with E-state index >= 15 is 0 Å². The number of phenols is 2. The van der Waals surface area contributed by atoms with Crippen molar-refractivity contribution in [1.82, 2.24) is 0 Å². The number of primary amides is 1. The maximum absolute atomic E-state index is 11.3. The predicted molar refractivity (Wildman–Crippen MR) is 76.8 cm³/mol. The standard InChI is InChI=1S/C15H16N2O3/c1-9-11(15(16)20)5-3-6-12(9)17-8-10-4-2-7-13(18)14(10)19/h2-7,17-19H,8H2,1H3,(H2,16,20). The fraction of sp³-hybridized carbons (Fsp3) is 0.133. The Morgan fingerprint density at radius 2 is 1.90 bits per heavy atom. The van der Waals surface area contributed by atoms with Gasteiger partial charge in [0.25, 0.3) is 0 Å². The molecule has 104 valence electrons. The van der Waals surface area contributed by atoms with E-state index in [9.17, 15) is 15.0 Å². The van der Waals surface area contributed by atoms with E-state index in [1.165, 1.54) is 6.07 Å². The van der Waals surface area contributed by atoms with Crippen molar-refractivity contribution in [3.8, 4) is 11.5 Å². The summed E-state index contributed by atoms with van der Waals surface area (Å²) in [4.78, 5) is 11.3. The molecule has 0 spiro atoms. The highest BCUT2D eigenvalue weighted by molar-refractivity contribution is 5.95. The SMILES string of the molecule is Cc1c(NCc2cccc(O)c2O)cccc1C(N)=O. The number of anilines is 1. The second kappa shape index (κ2) is 5.52. The summed E-state index contributed by atoms with van der Waals surface area (Å²) in [5.41, 5.74) is 7.82. The van der Waals surface area contributed by atoms with Crippen molar-refractivity contribution in [3.63, 3.8) is 0 Å². The number of para-hydroxylation sites is 1. The lowest BCUT2D eigenvalue weighted by molar-refractivity contribution is 0.1000. The van der Waals surface area contributed by atoms with E-state index in [4.69, 9.17) is 5.73 Å². The number of benzene rings is 2. The van der Waals surface area contributed by atoms with Crippen molar-refractivity contribution in [2.24, 2.45) is 5.73 Å². The summed E-state index contributed by atoms with van der Waals surface area (Å²) in [5.74, 6) is -0.790. The molecule has 2 aromatic rings. The van der Waals surface area contributed by atoms with Gasteiger partial charge >= 0.3 is 0 Å². The van der Waals surface area contributed by atoms with Crippen LogP contribution in [0.5, 0.6) is 11.5 Å². The molecule has 5 N–H and O–H groups in total. The van der Waals surface area contributed by atoms with Gasteiger partial charge in [-0.25, -0.2) is 0 Å². The zero-order chi connectivity index (χ0) is 14.7. The molecule has 0 saturated heterocycles. The number of phenolic OH excluding ortho intramolecular Hbond substituents is 2. The van der Waals surface area contributed by atoms with Crippen molar-refractivity contribution >= 4 is 11.6 Å². The molecule has 0 aliphatic carbocycles. The van der Waals surface area contributed by atoms with E-state index in [0.717, 1.165) is 11.3 Å². The highest BCUT2D eigenvalue weighted by atomic mass is 16.3. The minimum Gasteiger partial charge on any atom is -0.504 e. The quantitative estimate of drug-likeness (QED) is 0.641. The first-order chi connectivity index (χ1) is 9.50. The number of carbonyl (C=O) groups excluding carboxylic acids is 1. The summed E-state index contributed by atoms with van der Waals surface area (Å²) in [6.07, 6.45) is 0. The van der Waals surface area contributed by atoms with E-state index < -0.39 is 5.91 Å². The lowest BCUT2D eigenvalue weighted by Crippen LogP contribution is -2.13. The Morgan fingerprint density at radius 3 is 2.60 bits per heavy atom. The van der Waals surface area contributed by atoms with E-state index in [2.05, 4.69) is 5.32 Å². The Hall–Kier alpha value is -2.69. The lowest BCUT2D eigenvalue weighted by Gasteiger charge is -2.13. The van der Waals surface area contributed by atoms with E-state index in [-0.39, 0.29) is 11.5 Å². The molecule has 0 unspecified atom stereocenters. The summed E-state index contributed by atoms with van der Waals surface area (Å²) in [6, 6.07) is 9.99. The topological polar surface area (TPSA) is 95.6 Å². The van der Waals surface area contributed by atoms with Crippen molar-refractivity contribution in [2.45, 2.75) is 13.5 Å². The summed E-state index contributed by atoms with van der Waals surface area (Å²) in [6.45, 7) is 2.12. The Morgan fingerprint density at radius 1 is 1.20 bits per heavy atom. The average molecular weight is 272 g/mol. The number of hydrogen-bond acceptors (Lipinski definition) is 4. The van der Waals surface area contributed by atoms with Crippen LogP contribution in [-0.2, 0) is 6.54 Å². The molecule has 20 heavy (non-hydrogen) atoms. The molecule has 0 radical (unpaired) electrons.